The smallest absolute Gasteiger partial charge is 0.130 e. The molecular weight excluding hydrogens is 396 g/mol. The minimum atomic E-state index is 0.461. The van der Waals surface area contributed by atoms with Crippen LogP contribution in [0.2, 0.25) is 0 Å². The fraction of sp³-hybridized carbons (Fsp3) is 0.111. The van der Waals surface area contributed by atoms with Gasteiger partial charge in [-0.3, -0.25) is 10.1 Å². The van der Waals surface area contributed by atoms with Gasteiger partial charge >= 0.3 is 0 Å². The number of H-pyrrole nitrogens is 2. The Labute approximate surface area is 187 Å². The first-order valence-corrected chi connectivity index (χ1v) is 10.6. The molecule has 0 fully saturated rings. The van der Waals surface area contributed by atoms with Gasteiger partial charge in [-0.15, -0.1) is 0 Å². The van der Waals surface area contributed by atoms with E-state index in [4.69, 9.17) is 4.74 Å². The Morgan fingerprint density at radius 1 is 1.03 bits per heavy atom. The summed E-state index contributed by atoms with van der Waals surface area (Å²) in [6.07, 6.45) is 18.7. The molecule has 0 bridgehead atoms. The highest BCUT2D eigenvalue weighted by Crippen LogP contribution is 2.16. The van der Waals surface area contributed by atoms with Crippen molar-refractivity contribution in [2.45, 2.75) is 20.0 Å². The molecule has 0 saturated heterocycles. The van der Waals surface area contributed by atoms with Gasteiger partial charge in [-0.25, -0.2) is 0 Å². The van der Waals surface area contributed by atoms with Crippen LogP contribution < -0.4 is 0 Å². The summed E-state index contributed by atoms with van der Waals surface area (Å²) in [6, 6.07) is 16.3. The lowest BCUT2D eigenvalue weighted by molar-refractivity contribution is 0.207. The molecule has 5 nitrogen and oxygen atoms in total. The lowest BCUT2D eigenvalue weighted by Gasteiger charge is -2.05. The summed E-state index contributed by atoms with van der Waals surface area (Å²) in [4.78, 5) is 7.50. The summed E-state index contributed by atoms with van der Waals surface area (Å²) in [5, 5.41) is 8.62. The molecule has 3 aromatic heterocycles. The summed E-state index contributed by atoms with van der Waals surface area (Å²) in [5.41, 5.74) is 5.05. The number of fused-ring (bicyclic) bond motifs is 1. The Balaban J connectivity index is 1.26. The number of nitrogens with one attached hydrogen (secondary N) is 2. The third-order valence-electron chi connectivity index (χ3n) is 4.89. The SMILES string of the molecule is C/C=C(\C=C/C/C=C/c1cc(/C=C/c2ccc3cc[nH]c3c2)[nH]n1)OCc1ccccn1. The van der Waals surface area contributed by atoms with E-state index >= 15 is 0 Å². The van der Waals surface area contributed by atoms with Gasteiger partial charge in [0.2, 0.25) is 0 Å². The fourth-order valence-electron chi connectivity index (χ4n) is 3.20. The van der Waals surface area contributed by atoms with Crippen molar-refractivity contribution in [1.82, 2.24) is 20.2 Å². The van der Waals surface area contributed by atoms with Crippen molar-refractivity contribution in [3.05, 3.63) is 114 Å². The van der Waals surface area contributed by atoms with Crippen LogP contribution in [0.3, 0.4) is 0 Å². The second kappa shape index (κ2) is 10.8. The molecule has 4 aromatic rings. The van der Waals surface area contributed by atoms with Crippen LogP contribution in [0, 0.1) is 0 Å². The fourth-order valence-corrected chi connectivity index (χ4v) is 3.20. The number of hydrogen-bond acceptors (Lipinski definition) is 3. The van der Waals surface area contributed by atoms with Gasteiger partial charge in [0.1, 0.15) is 12.4 Å². The lowest BCUT2D eigenvalue weighted by atomic mass is 10.1. The topological polar surface area (TPSA) is 66.6 Å². The maximum absolute atomic E-state index is 5.79. The number of rotatable bonds is 9. The molecule has 0 spiro atoms. The van der Waals surface area contributed by atoms with Gasteiger partial charge in [-0.05, 0) is 78.9 Å². The summed E-state index contributed by atoms with van der Waals surface area (Å²) in [7, 11) is 0. The minimum Gasteiger partial charge on any atom is -0.488 e. The second-order valence-electron chi connectivity index (χ2n) is 7.25. The highest BCUT2D eigenvalue weighted by atomic mass is 16.5. The van der Waals surface area contributed by atoms with Crippen molar-refractivity contribution in [1.29, 1.82) is 0 Å². The Kier molecular flexibility index (Phi) is 7.11. The zero-order valence-corrected chi connectivity index (χ0v) is 18.0. The molecule has 0 atom stereocenters. The van der Waals surface area contributed by atoms with Gasteiger partial charge in [0.25, 0.3) is 0 Å². The van der Waals surface area contributed by atoms with Crippen LogP contribution in [0.1, 0.15) is 36.0 Å². The van der Waals surface area contributed by atoms with Gasteiger partial charge in [0, 0.05) is 17.9 Å². The highest BCUT2D eigenvalue weighted by molar-refractivity contribution is 5.83. The van der Waals surface area contributed by atoms with Crippen LogP contribution in [0.25, 0.3) is 29.1 Å². The first-order valence-electron chi connectivity index (χ1n) is 10.6. The van der Waals surface area contributed by atoms with Gasteiger partial charge in [-0.2, -0.15) is 5.10 Å². The van der Waals surface area contributed by atoms with E-state index in [1.165, 1.54) is 5.39 Å². The molecule has 2 N–H and O–H groups in total. The van der Waals surface area contributed by atoms with E-state index in [2.05, 4.69) is 62.7 Å². The van der Waals surface area contributed by atoms with E-state index in [-0.39, 0.29) is 0 Å². The minimum absolute atomic E-state index is 0.461. The van der Waals surface area contributed by atoms with Crippen LogP contribution in [-0.2, 0) is 11.3 Å². The molecule has 0 aliphatic carbocycles. The average molecular weight is 423 g/mol. The van der Waals surface area contributed by atoms with Gasteiger partial charge < -0.3 is 9.72 Å². The van der Waals surface area contributed by atoms with Gasteiger partial charge in [-0.1, -0.05) is 36.4 Å². The summed E-state index contributed by atoms with van der Waals surface area (Å²) in [5.74, 6) is 0.828. The predicted octanol–water partition coefficient (Wildman–Crippen LogP) is 6.54. The van der Waals surface area contributed by atoms with Crippen LogP contribution in [0.15, 0.2) is 91.0 Å². The second-order valence-corrected chi connectivity index (χ2v) is 7.25. The van der Waals surface area contributed by atoms with E-state index in [9.17, 15) is 0 Å². The maximum atomic E-state index is 5.79. The first-order chi connectivity index (χ1) is 15.8. The normalized spacial score (nSPS) is 12.6. The van der Waals surface area contributed by atoms with Crippen molar-refractivity contribution in [3.63, 3.8) is 0 Å². The van der Waals surface area contributed by atoms with Crippen molar-refractivity contribution in [3.8, 4) is 0 Å². The molecule has 0 unspecified atom stereocenters. The molecule has 32 heavy (non-hydrogen) atoms. The summed E-state index contributed by atoms with van der Waals surface area (Å²) >= 11 is 0. The predicted molar refractivity (Wildman–Crippen MR) is 131 cm³/mol. The van der Waals surface area contributed by atoms with Gasteiger partial charge in [0.05, 0.1) is 17.1 Å². The van der Waals surface area contributed by atoms with Crippen LogP contribution in [0.5, 0.6) is 0 Å². The molecule has 5 heteroatoms. The Bertz CT molecular complexity index is 1260. The zero-order chi connectivity index (χ0) is 22.0. The van der Waals surface area contributed by atoms with E-state index in [1.807, 2.05) is 61.7 Å². The van der Waals surface area contributed by atoms with Crippen molar-refractivity contribution in [2.75, 3.05) is 0 Å². The van der Waals surface area contributed by atoms with E-state index in [0.717, 1.165) is 40.3 Å². The number of benzene rings is 1. The maximum Gasteiger partial charge on any atom is 0.130 e. The number of allylic oxidation sites excluding steroid dienone is 4. The molecule has 0 radical (unpaired) electrons. The van der Waals surface area contributed by atoms with Crippen molar-refractivity contribution < 1.29 is 4.74 Å². The van der Waals surface area contributed by atoms with E-state index in [0.29, 0.717) is 6.61 Å². The standard InChI is InChI=1S/C27H26N4O/c1-2-26(32-20-25-9-6-7-16-28-25)10-5-3-4-8-23-19-24(31-30-23)14-12-21-11-13-22-15-17-29-27(22)18-21/h2,4-19,29H,3,20H2,1H3,(H,30,31)/b8-4+,10-5-,14-12+,26-2+. The summed E-state index contributed by atoms with van der Waals surface area (Å²) in [6.45, 7) is 2.42. The van der Waals surface area contributed by atoms with Crippen LogP contribution >= 0.6 is 0 Å². The third-order valence-corrected chi connectivity index (χ3v) is 4.89. The Morgan fingerprint density at radius 2 is 2.00 bits per heavy atom. The quantitative estimate of drug-likeness (QED) is 0.238. The molecule has 0 saturated carbocycles. The number of aromatic nitrogens is 4. The van der Waals surface area contributed by atoms with Crippen LogP contribution in [0.4, 0.5) is 0 Å². The zero-order valence-electron chi connectivity index (χ0n) is 18.0. The molecule has 0 aliphatic rings. The monoisotopic (exact) mass is 422 g/mol. The number of nitrogens with zero attached hydrogens (tertiary/aromatic N) is 2. The average Bonchev–Trinajstić information content (AvgIpc) is 3.49. The molecular formula is C27H26N4O. The lowest BCUT2D eigenvalue weighted by Crippen LogP contribution is -1.93. The van der Waals surface area contributed by atoms with Crippen molar-refractivity contribution in [2.24, 2.45) is 0 Å². The molecule has 0 amide bonds. The largest absolute Gasteiger partial charge is 0.488 e. The molecule has 4 rings (SSSR count). The van der Waals surface area contributed by atoms with E-state index in [1.54, 1.807) is 6.20 Å². The number of aromatic amines is 2. The molecule has 0 aliphatic heterocycles. The number of pyridine rings is 1. The van der Waals surface area contributed by atoms with Crippen molar-refractivity contribution >= 4 is 29.1 Å². The summed E-state index contributed by atoms with van der Waals surface area (Å²) < 4.78 is 5.79. The number of hydrogen-bond donors (Lipinski definition) is 2. The molecule has 1 aromatic carbocycles. The Morgan fingerprint density at radius 3 is 2.88 bits per heavy atom. The third kappa shape index (κ3) is 5.95. The van der Waals surface area contributed by atoms with E-state index < -0.39 is 0 Å². The van der Waals surface area contributed by atoms with Crippen LogP contribution in [-0.4, -0.2) is 20.2 Å². The molecule has 3 heterocycles. The number of ether oxygens (including phenoxy) is 1. The first kappa shape index (κ1) is 21.1. The Hall–Kier alpha value is -4.12. The van der Waals surface area contributed by atoms with Gasteiger partial charge in [0.15, 0.2) is 0 Å². The molecule has 160 valence electrons. The highest BCUT2D eigenvalue weighted by Gasteiger charge is 1.97.